The molecule has 0 N–H and O–H groups in total. The standard InChI is InChI=1S/C6H12O.C6H10O/c2*1-4-5(2)6(3)7/h5H,4H2,1-3H3;4H,1-3H3/b;5-4+. The quantitative estimate of drug-likeness (QED) is 0.653. The Balaban J connectivity index is 0. The molecule has 2 nitrogen and oxygen atoms in total. The fourth-order valence-electron chi connectivity index (χ4n) is 0.491. The molecule has 0 amide bonds. The third kappa shape index (κ3) is 9.17. The van der Waals surface area contributed by atoms with E-state index >= 15 is 0 Å². The maximum absolute atomic E-state index is 10.4. The summed E-state index contributed by atoms with van der Waals surface area (Å²) in [5, 5.41) is 0. The molecule has 0 aliphatic heterocycles. The first kappa shape index (κ1) is 15.5. The van der Waals surface area contributed by atoms with Gasteiger partial charge in [0.25, 0.3) is 0 Å². The highest BCUT2D eigenvalue weighted by Gasteiger charge is 2.01. The minimum Gasteiger partial charge on any atom is -0.300 e. The minimum absolute atomic E-state index is 0.155. The Morgan fingerprint density at radius 3 is 1.64 bits per heavy atom. The van der Waals surface area contributed by atoms with E-state index in [2.05, 4.69) is 0 Å². The van der Waals surface area contributed by atoms with E-state index in [0.717, 1.165) is 12.0 Å². The smallest absolute Gasteiger partial charge is 0.155 e. The SMILES string of the molecule is C/C=C(\C)C(C)=O.CCC(C)C(C)=O. The van der Waals surface area contributed by atoms with Gasteiger partial charge in [-0.3, -0.25) is 9.59 Å². The van der Waals surface area contributed by atoms with E-state index in [-0.39, 0.29) is 11.7 Å². The van der Waals surface area contributed by atoms with Gasteiger partial charge in [0, 0.05) is 5.92 Å². The van der Waals surface area contributed by atoms with Crippen molar-refractivity contribution in [1.29, 1.82) is 0 Å². The lowest BCUT2D eigenvalue weighted by molar-refractivity contribution is -0.120. The Kier molecular flexibility index (Phi) is 9.63. The van der Waals surface area contributed by atoms with Crippen molar-refractivity contribution < 1.29 is 9.59 Å². The maximum atomic E-state index is 10.4. The molecule has 0 saturated heterocycles. The van der Waals surface area contributed by atoms with Crippen molar-refractivity contribution in [2.45, 2.75) is 48.0 Å². The maximum Gasteiger partial charge on any atom is 0.155 e. The predicted molar refractivity (Wildman–Crippen MR) is 60.2 cm³/mol. The van der Waals surface area contributed by atoms with Crippen LogP contribution in [0, 0.1) is 5.92 Å². The molecule has 1 atom stereocenters. The van der Waals surface area contributed by atoms with Crippen LogP contribution in [0.5, 0.6) is 0 Å². The summed E-state index contributed by atoms with van der Waals surface area (Å²) in [6.07, 6.45) is 2.78. The van der Waals surface area contributed by atoms with Gasteiger partial charge in [-0.25, -0.2) is 0 Å². The van der Waals surface area contributed by atoms with Crippen LogP contribution in [0.4, 0.5) is 0 Å². The largest absolute Gasteiger partial charge is 0.300 e. The molecule has 0 aromatic heterocycles. The predicted octanol–water partition coefficient (Wildman–Crippen LogP) is 3.16. The molecule has 0 bridgehead atoms. The van der Waals surface area contributed by atoms with E-state index in [0.29, 0.717) is 5.78 Å². The molecule has 14 heavy (non-hydrogen) atoms. The van der Waals surface area contributed by atoms with E-state index < -0.39 is 0 Å². The summed E-state index contributed by atoms with van der Waals surface area (Å²) in [6, 6.07) is 0. The Bertz CT molecular complexity index is 214. The molecular weight excluding hydrogens is 176 g/mol. The van der Waals surface area contributed by atoms with Crippen LogP contribution in [0.15, 0.2) is 11.6 Å². The van der Waals surface area contributed by atoms with Gasteiger partial charge in [0.2, 0.25) is 0 Å². The van der Waals surface area contributed by atoms with Gasteiger partial charge in [-0.05, 0) is 39.7 Å². The average molecular weight is 198 g/mol. The van der Waals surface area contributed by atoms with Gasteiger partial charge in [0.05, 0.1) is 0 Å². The summed E-state index contributed by atoms with van der Waals surface area (Å²) in [6.45, 7) is 10.8. The number of allylic oxidation sites excluding steroid dienone is 2. The first-order valence-corrected chi connectivity index (χ1v) is 5.01. The molecule has 0 saturated carbocycles. The number of hydrogen-bond acceptors (Lipinski definition) is 2. The van der Waals surface area contributed by atoms with Crippen molar-refractivity contribution in [1.82, 2.24) is 0 Å². The summed E-state index contributed by atoms with van der Waals surface area (Å²) in [7, 11) is 0. The molecule has 0 rings (SSSR count). The van der Waals surface area contributed by atoms with Crippen LogP contribution in [-0.4, -0.2) is 11.6 Å². The number of carbonyl (C=O) groups excluding carboxylic acids is 2. The van der Waals surface area contributed by atoms with Gasteiger partial charge < -0.3 is 0 Å². The van der Waals surface area contributed by atoms with Gasteiger partial charge in [0.15, 0.2) is 5.78 Å². The molecule has 0 radical (unpaired) electrons. The third-order valence-corrected chi connectivity index (χ3v) is 2.29. The first-order valence-electron chi connectivity index (χ1n) is 5.01. The Labute approximate surface area is 87.4 Å². The van der Waals surface area contributed by atoms with Crippen LogP contribution in [0.3, 0.4) is 0 Å². The molecule has 1 unspecified atom stereocenters. The van der Waals surface area contributed by atoms with Gasteiger partial charge in [-0.1, -0.05) is 19.9 Å². The monoisotopic (exact) mass is 198 g/mol. The molecule has 0 aliphatic carbocycles. The zero-order chi connectivity index (χ0) is 11.7. The number of carbonyl (C=O) groups is 2. The Morgan fingerprint density at radius 1 is 1.21 bits per heavy atom. The molecule has 82 valence electrons. The molecule has 0 aliphatic rings. The average Bonchev–Trinajstić information content (AvgIpc) is 2.15. The lowest BCUT2D eigenvalue weighted by Gasteiger charge is -1.98. The Morgan fingerprint density at radius 2 is 1.64 bits per heavy atom. The van der Waals surface area contributed by atoms with Crippen molar-refractivity contribution in [3.8, 4) is 0 Å². The van der Waals surface area contributed by atoms with Crippen molar-refractivity contribution >= 4 is 11.6 Å². The van der Waals surface area contributed by atoms with Crippen molar-refractivity contribution in [3.63, 3.8) is 0 Å². The van der Waals surface area contributed by atoms with Crippen LogP contribution in [0.1, 0.15) is 48.0 Å². The second-order valence-electron chi connectivity index (χ2n) is 3.45. The highest BCUT2D eigenvalue weighted by molar-refractivity contribution is 5.92. The second-order valence-corrected chi connectivity index (χ2v) is 3.45. The summed E-state index contributed by atoms with van der Waals surface area (Å²) in [5.41, 5.74) is 0.833. The normalized spacial score (nSPS) is 12.6. The van der Waals surface area contributed by atoms with Crippen LogP contribution >= 0.6 is 0 Å². The van der Waals surface area contributed by atoms with Crippen LogP contribution in [0.2, 0.25) is 0 Å². The number of ketones is 2. The summed E-state index contributed by atoms with van der Waals surface area (Å²) >= 11 is 0. The van der Waals surface area contributed by atoms with Crippen molar-refractivity contribution in [2.75, 3.05) is 0 Å². The lowest BCUT2D eigenvalue weighted by atomic mass is 10.1. The molecule has 0 aromatic rings. The highest BCUT2D eigenvalue weighted by atomic mass is 16.1. The summed E-state index contributed by atoms with van der Waals surface area (Å²) in [4.78, 5) is 20.7. The minimum atomic E-state index is 0.155. The van der Waals surface area contributed by atoms with Gasteiger partial charge in [0.1, 0.15) is 5.78 Å². The zero-order valence-corrected chi connectivity index (χ0v) is 10.2. The van der Waals surface area contributed by atoms with Gasteiger partial charge >= 0.3 is 0 Å². The molecule has 0 heterocycles. The number of Topliss-reactive ketones (excluding diaryl/α,β-unsaturated/α-hetero) is 2. The fraction of sp³-hybridized carbons (Fsp3) is 0.667. The second kappa shape index (κ2) is 8.67. The molecule has 0 spiro atoms. The highest BCUT2D eigenvalue weighted by Crippen LogP contribution is 1.99. The number of hydrogen-bond donors (Lipinski definition) is 0. The van der Waals surface area contributed by atoms with E-state index in [1.54, 1.807) is 13.8 Å². The van der Waals surface area contributed by atoms with E-state index in [9.17, 15) is 9.59 Å². The molecule has 0 aromatic carbocycles. The lowest BCUT2D eigenvalue weighted by Crippen LogP contribution is -2.03. The fourth-order valence-corrected chi connectivity index (χ4v) is 0.491. The van der Waals surface area contributed by atoms with E-state index in [1.807, 2.05) is 33.8 Å². The number of rotatable bonds is 3. The van der Waals surface area contributed by atoms with Crippen LogP contribution < -0.4 is 0 Å². The third-order valence-electron chi connectivity index (χ3n) is 2.29. The van der Waals surface area contributed by atoms with E-state index in [4.69, 9.17) is 0 Å². The summed E-state index contributed by atoms with van der Waals surface area (Å²) in [5.74, 6) is 0.713. The first-order chi connectivity index (χ1) is 6.36. The van der Waals surface area contributed by atoms with Crippen LogP contribution in [-0.2, 0) is 9.59 Å². The van der Waals surface area contributed by atoms with Gasteiger partial charge in [-0.2, -0.15) is 0 Å². The topological polar surface area (TPSA) is 34.1 Å². The van der Waals surface area contributed by atoms with Crippen molar-refractivity contribution in [3.05, 3.63) is 11.6 Å². The van der Waals surface area contributed by atoms with Crippen molar-refractivity contribution in [2.24, 2.45) is 5.92 Å². The van der Waals surface area contributed by atoms with E-state index in [1.165, 1.54) is 0 Å². The van der Waals surface area contributed by atoms with Gasteiger partial charge in [-0.15, -0.1) is 0 Å². The zero-order valence-electron chi connectivity index (χ0n) is 10.2. The molecular formula is C12H22O2. The summed E-state index contributed by atoms with van der Waals surface area (Å²) < 4.78 is 0. The van der Waals surface area contributed by atoms with Crippen LogP contribution in [0.25, 0.3) is 0 Å². The Hall–Kier alpha value is -0.920. The molecule has 0 fully saturated rings. The molecule has 2 heteroatoms.